The molecule has 0 aromatic rings. The predicted molar refractivity (Wildman–Crippen MR) is 234 cm³/mol. The van der Waals surface area contributed by atoms with Gasteiger partial charge < -0.3 is 19.4 Å². The third-order valence-corrected chi connectivity index (χ3v) is 10.5. The number of hydrogen-bond acceptors (Lipinski definition) is 5. The molecular formula is C48H89N3O2. The van der Waals surface area contributed by atoms with Gasteiger partial charge in [-0.3, -0.25) is 0 Å². The van der Waals surface area contributed by atoms with E-state index in [4.69, 9.17) is 15.3 Å². The van der Waals surface area contributed by atoms with Crippen molar-refractivity contribution >= 4 is 0 Å². The summed E-state index contributed by atoms with van der Waals surface area (Å²) in [5.41, 5.74) is 1.31. The number of hydrazine groups is 1. The minimum absolute atomic E-state index is 0.181. The Morgan fingerprint density at radius 3 is 1.49 bits per heavy atom. The van der Waals surface area contributed by atoms with E-state index in [1.165, 1.54) is 147 Å². The number of ether oxygens (including phenoxy) is 2. The molecule has 5 nitrogen and oxygen atoms in total. The van der Waals surface area contributed by atoms with Crippen molar-refractivity contribution < 1.29 is 9.47 Å². The van der Waals surface area contributed by atoms with Gasteiger partial charge in [-0.15, -0.1) is 0 Å². The van der Waals surface area contributed by atoms with E-state index in [0.29, 0.717) is 0 Å². The van der Waals surface area contributed by atoms with Crippen molar-refractivity contribution in [1.82, 2.24) is 9.91 Å². The zero-order chi connectivity index (χ0) is 38.5. The number of likely N-dealkylation sites (N-methyl/N-ethyl adjacent to an activating group) is 1. The first-order valence-corrected chi connectivity index (χ1v) is 22.7. The summed E-state index contributed by atoms with van der Waals surface area (Å²) in [6.45, 7) is 9.23. The Morgan fingerprint density at radius 1 is 0.604 bits per heavy atom. The lowest BCUT2D eigenvalue weighted by Crippen LogP contribution is -2.33. The molecule has 1 fully saturated rings. The Bertz CT molecular complexity index is 904. The van der Waals surface area contributed by atoms with Crippen LogP contribution in [0.3, 0.4) is 0 Å². The number of allylic oxidation sites excluding steroid dienone is 9. The van der Waals surface area contributed by atoms with Gasteiger partial charge in [0.05, 0.1) is 12.7 Å². The SMILES string of the molecule is CCCCC/C=C\C/C=C\CCCCCCCCC1(CCCCCCCC/C=C\C/C=C\CCCCC)OCC(CC/C(C)=C/N(N)CCN(C)C)O1. The summed E-state index contributed by atoms with van der Waals surface area (Å²) in [6, 6.07) is 0. The van der Waals surface area contributed by atoms with Crippen LogP contribution in [0.1, 0.15) is 201 Å². The standard InChI is InChI=1S/C48H89N3O2/c1-6-8-10-12-14-16-18-20-22-24-26-28-30-32-34-36-40-48(52-45-47(53-48)39-38-46(3)44-51(49)43-42-50(4)5)41-37-35-33-31-29-27-25-23-21-19-17-15-13-11-9-7-2/h14-17,20-23,44,47H,6-13,18-19,24-43,45,49H2,1-5H3/b16-14-,17-15-,22-20-,23-21-,46-44+. The van der Waals surface area contributed by atoms with Crippen LogP contribution in [0.4, 0.5) is 0 Å². The van der Waals surface area contributed by atoms with Gasteiger partial charge in [0.1, 0.15) is 0 Å². The van der Waals surface area contributed by atoms with E-state index in [2.05, 4.69) is 94.6 Å². The molecule has 1 heterocycles. The highest BCUT2D eigenvalue weighted by Gasteiger charge is 2.40. The van der Waals surface area contributed by atoms with E-state index in [1.54, 1.807) is 0 Å². The van der Waals surface area contributed by atoms with E-state index in [1.807, 2.05) is 5.01 Å². The quantitative estimate of drug-likeness (QED) is 0.0298. The van der Waals surface area contributed by atoms with Crippen molar-refractivity contribution in [2.75, 3.05) is 33.8 Å². The van der Waals surface area contributed by atoms with Gasteiger partial charge >= 0.3 is 0 Å². The first-order valence-electron chi connectivity index (χ1n) is 22.7. The Balaban J connectivity index is 2.36. The molecule has 1 saturated heterocycles. The summed E-state index contributed by atoms with van der Waals surface area (Å²) in [5.74, 6) is 5.84. The molecule has 308 valence electrons. The summed E-state index contributed by atoms with van der Waals surface area (Å²) in [7, 11) is 4.17. The molecule has 5 heteroatoms. The summed E-state index contributed by atoms with van der Waals surface area (Å²) in [5, 5.41) is 1.82. The van der Waals surface area contributed by atoms with Crippen LogP contribution in [0, 0.1) is 0 Å². The molecule has 1 unspecified atom stereocenters. The van der Waals surface area contributed by atoms with E-state index in [-0.39, 0.29) is 11.9 Å². The molecule has 53 heavy (non-hydrogen) atoms. The van der Waals surface area contributed by atoms with Crippen molar-refractivity contribution in [3.63, 3.8) is 0 Å². The second kappa shape index (κ2) is 36.0. The van der Waals surface area contributed by atoms with E-state index in [0.717, 1.165) is 58.2 Å². The van der Waals surface area contributed by atoms with Gasteiger partial charge in [-0.05, 0) is 111 Å². The van der Waals surface area contributed by atoms with Crippen molar-refractivity contribution in [2.24, 2.45) is 5.84 Å². The number of nitrogens with zero attached hydrogens (tertiary/aromatic N) is 2. The van der Waals surface area contributed by atoms with Gasteiger partial charge in [0.2, 0.25) is 0 Å². The van der Waals surface area contributed by atoms with Gasteiger partial charge in [-0.25, -0.2) is 5.84 Å². The topological polar surface area (TPSA) is 51.0 Å². The van der Waals surface area contributed by atoms with Crippen LogP contribution in [0.25, 0.3) is 0 Å². The fourth-order valence-electron chi connectivity index (χ4n) is 7.03. The maximum atomic E-state index is 6.81. The van der Waals surface area contributed by atoms with Gasteiger partial charge in [-0.2, -0.15) is 0 Å². The third-order valence-electron chi connectivity index (χ3n) is 10.5. The van der Waals surface area contributed by atoms with Gasteiger partial charge in [-0.1, -0.05) is 145 Å². The Hall–Kier alpha value is -1.66. The average Bonchev–Trinajstić information content (AvgIpc) is 3.55. The highest BCUT2D eigenvalue weighted by atomic mass is 16.7. The molecule has 0 amide bonds. The molecule has 0 saturated carbocycles. The van der Waals surface area contributed by atoms with Crippen molar-refractivity contribution in [3.8, 4) is 0 Å². The summed E-state index contributed by atoms with van der Waals surface area (Å²) in [4.78, 5) is 2.16. The smallest absolute Gasteiger partial charge is 0.168 e. The fraction of sp³-hybridized carbons (Fsp3) is 0.792. The first-order chi connectivity index (χ1) is 25.9. The zero-order valence-corrected chi connectivity index (χ0v) is 36.0. The molecule has 1 aliphatic rings. The Morgan fingerprint density at radius 2 is 1.04 bits per heavy atom. The average molecular weight is 740 g/mol. The Labute approximate surface area is 330 Å². The molecule has 1 rings (SSSR count). The molecule has 0 bridgehead atoms. The van der Waals surface area contributed by atoms with Crippen LogP contribution >= 0.6 is 0 Å². The largest absolute Gasteiger partial charge is 0.347 e. The van der Waals surface area contributed by atoms with Gasteiger partial charge in [0.25, 0.3) is 0 Å². The van der Waals surface area contributed by atoms with E-state index in [9.17, 15) is 0 Å². The van der Waals surface area contributed by atoms with Gasteiger partial charge in [0, 0.05) is 32.1 Å². The Kier molecular flexibility index (Phi) is 33.5. The van der Waals surface area contributed by atoms with Crippen LogP contribution in [-0.4, -0.2) is 55.6 Å². The van der Waals surface area contributed by atoms with Crippen LogP contribution < -0.4 is 5.84 Å². The number of rotatable bonds is 37. The molecule has 0 radical (unpaired) electrons. The van der Waals surface area contributed by atoms with Crippen molar-refractivity contribution in [3.05, 3.63) is 60.4 Å². The molecule has 2 N–H and O–H groups in total. The maximum Gasteiger partial charge on any atom is 0.168 e. The highest BCUT2D eigenvalue weighted by Crippen LogP contribution is 2.36. The fourth-order valence-corrected chi connectivity index (χ4v) is 7.03. The highest BCUT2D eigenvalue weighted by molar-refractivity contribution is 4.98. The lowest BCUT2D eigenvalue weighted by molar-refractivity contribution is -0.179. The summed E-state index contributed by atoms with van der Waals surface area (Å²) >= 11 is 0. The molecule has 1 aliphatic heterocycles. The number of nitrogens with two attached hydrogens (primary N) is 1. The maximum absolute atomic E-state index is 6.81. The number of unbranched alkanes of at least 4 members (excludes halogenated alkanes) is 18. The molecule has 1 atom stereocenters. The van der Waals surface area contributed by atoms with E-state index >= 15 is 0 Å². The van der Waals surface area contributed by atoms with Crippen LogP contribution in [0.15, 0.2) is 60.4 Å². The molecule has 0 aromatic heterocycles. The minimum Gasteiger partial charge on any atom is -0.347 e. The van der Waals surface area contributed by atoms with Crippen LogP contribution in [0.5, 0.6) is 0 Å². The first kappa shape index (κ1) is 49.4. The van der Waals surface area contributed by atoms with Crippen molar-refractivity contribution in [1.29, 1.82) is 0 Å². The zero-order valence-electron chi connectivity index (χ0n) is 36.0. The lowest BCUT2D eigenvalue weighted by Gasteiger charge is -2.28. The van der Waals surface area contributed by atoms with E-state index < -0.39 is 0 Å². The van der Waals surface area contributed by atoms with Crippen LogP contribution in [0.2, 0.25) is 0 Å². The molecule has 0 aromatic carbocycles. The van der Waals surface area contributed by atoms with Gasteiger partial charge in [0.15, 0.2) is 5.79 Å². The van der Waals surface area contributed by atoms with Crippen molar-refractivity contribution in [2.45, 2.75) is 212 Å². The second-order valence-electron chi connectivity index (χ2n) is 16.2. The predicted octanol–water partition coefficient (Wildman–Crippen LogP) is 13.9. The molecule has 0 aliphatic carbocycles. The second-order valence-corrected chi connectivity index (χ2v) is 16.2. The monoisotopic (exact) mass is 740 g/mol. The minimum atomic E-state index is -0.377. The molecule has 0 spiro atoms. The summed E-state index contributed by atoms with van der Waals surface area (Å²) < 4.78 is 13.4. The molecular weight excluding hydrogens is 651 g/mol. The van der Waals surface area contributed by atoms with Crippen LogP contribution in [-0.2, 0) is 9.47 Å². The lowest BCUT2D eigenvalue weighted by atomic mass is 9.98. The normalized spacial score (nSPS) is 16.6. The number of hydrogen-bond donors (Lipinski definition) is 1. The summed E-state index contributed by atoms with van der Waals surface area (Å²) in [6.07, 6.45) is 55.8. The third kappa shape index (κ3) is 31.3.